The number of hydrogen-bond donors (Lipinski definition) is 0. The number of carbonyl (C=O) groups excluding carboxylic acids is 1. The van der Waals surface area contributed by atoms with Gasteiger partial charge in [0.15, 0.2) is 21.5 Å². The Labute approximate surface area is 153 Å². The standard InChI is InChI=1S/C17H16BrF2NO3S/c1-17(2,25(23,24)13-7-4-11(18)5-8-13)16(22)21(3)12-6-9-14(19)15(20)10-12/h4-10H,1-3H3. The van der Waals surface area contributed by atoms with Gasteiger partial charge >= 0.3 is 0 Å². The van der Waals surface area contributed by atoms with Crippen LogP contribution >= 0.6 is 15.9 Å². The van der Waals surface area contributed by atoms with Crippen LogP contribution in [-0.2, 0) is 14.6 Å². The van der Waals surface area contributed by atoms with Gasteiger partial charge in [-0.05, 0) is 50.2 Å². The molecule has 4 nitrogen and oxygen atoms in total. The minimum absolute atomic E-state index is 0.00673. The molecule has 0 aliphatic carbocycles. The second-order valence-corrected chi connectivity index (χ2v) is 9.34. The Balaban J connectivity index is 2.41. The van der Waals surface area contributed by atoms with Gasteiger partial charge in [-0.15, -0.1) is 0 Å². The largest absolute Gasteiger partial charge is 0.314 e. The van der Waals surface area contributed by atoms with Crippen LogP contribution in [0.3, 0.4) is 0 Å². The van der Waals surface area contributed by atoms with Gasteiger partial charge in [0, 0.05) is 23.3 Å². The molecule has 0 bridgehead atoms. The van der Waals surface area contributed by atoms with Crippen LogP contribution < -0.4 is 4.90 Å². The highest BCUT2D eigenvalue weighted by Crippen LogP contribution is 2.30. The zero-order valence-electron chi connectivity index (χ0n) is 13.8. The summed E-state index contributed by atoms with van der Waals surface area (Å²) in [6.45, 7) is 2.56. The average Bonchev–Trinajstić information content (AvgIpc) is 2.56. The van der Waals surface area contributed by atoms with Crippen molar-refractivity contribution in [3.8, 4) is 0 Å². The third-order valence-corrected chi connectivity index (χ3v) is 6.85. The molecule has 0 fully saturated rings. The maximum Gasteiger partial charge on any atom is 0.247 e. The van der Waals surface area contributed by atoms with Gasteiger partial charge in [-0.25, -0.2) is 17.2 Å². The fourth-order valence-electron chi connectivity index (χ4n) is 2.24. The van der Waals surface area contributed by atoms with Gasteiger partial charge in [-0.2, -0.15) is 0 Å². The first-order valence-corrected chi connectivity index (χ1v) is 9.49. The second-order valence-electron chi connectivity index (χ2n) is 5.93. The summed E-state index contributed by atoms with van der Waals surface area (Å²) >= 11 is 3.22. The fraction of sp³-hybridized carbons (Fsp3) is 0.235. The van der Waals surface area contributed by atoms with E-state index in [1.54, 1.807) is 12.1 Å². The van der Waals surface area contributed by atoms with Crippen molar-refractivity contribution < 1.29 is 22.0 Å². The van der Waals surface area contributed by atoms with Crippen LogP contribution in [0.4, 0.5) is 14.5 Å². The van der Waals surface area contributed by atoms with E-state index in [1.807, 2.05) is 0 Å². The van der Waals surface area contributed by atoms with Gasteiger partial charge in [0.05, 0.1) is 4.90 Å². The Morgan fingerprint density at radius 3 is 2.12 bits per heavy atom. The predicted octanol–water partition coefficient (Wildman–Crippen LogP) is 3.94. The van der Waals surface area contributed by atoms with Gasteiger partial charge < -0.3 is 4.90 Å². The molecule has 0 unspecified atom stereocenters. The normalized spacial score (nSPS) is 12.1. The van der Waals surface area contributed by atoms with E-state index in [9.17, 15) is 22.0 Å². The monoisotopic (exact) mass is 431 g/mol. The van der Waals surface area contributed by atoms with Crippen molar-refractivity contribution in [3.63, 3.8) is 0 Å². The fourth-order valence-corrected chi connectivity index (χ4v) is 3.95. The third-order valence-electron chi connectivity index (χ3n) is 3.91. The Bertz CT molecular complexity index is 912. The molecule has 0 aliphatic rings. The van der Waals surface area contributed by atoms with Crippen molar-refractivity contribution in [2.24, 2.45) is 0 Å². The third kappa shape index (κ3) is 3.59. The summed E-state index contributed by atoms with van der Waals surface area (Å²) in [6, 6.07) is 8.84. The van der Waals surface area contributed by atoms with Gasteiger partial charge in [0.1, 0.15) is 4.75 Å². The first-order valence-electron chi connectivity index (χ1n) is 7.22. The quantitative estimate of drug-likeness (QED) is 0.736. The van der Waals surface area contributed by atoms with E-state index in [4.69, 9.17) is 0 Å². The van der Waals surface area contributed by atoms with Gasteiger partial charge in [-0.3, -0.25) is 4.79 Å². The SMILES string of the molecule is CN(C(=O)C(C)(C)S(=O)(=O)c1ccc(Br)cc1)c1ccc(F)c(F)c1. The Morgan fingerprint density at radius 2 is 1.60 bits per heavy atom. The zero-order chi connectivity index (χ0) is 19.0. The number of carbonyl (C=O) groups is 1. The maximum absolute atomic E-state index is 13.4. The molecule has 0 aromatic heterocycles. The van der Waals surface area contributed by atoms with Crippen molar-refractivity contribution in [2.45, 2.75) is 23.5 Å². The van der Waals surface area contributed by atoms with E-state index in [0.717, 1.165) is 17.0 Å². The van der Waals surface area contributed by atoms with E-state index >= 15 is 0 Å². The van der Waals surface area contributed by atoms with Gasteiger partial charge in [0.25, 0.3) is 0 Å². The molecule has 8 heteroatoms. The van der Waals surface area contributed by atoms with E-state index in [0.29, 0.717) is 4.47 Å². The highest BCUT2D eigenvalue weighted by Gasteiger charge is 2.44. The smallest absolute Gasteiger partial charge is 0.247 e. The van der Waals surface area contributed by atoms with Crippen LogP contribution in [-0.4, -0.2) is 26.1 Å². The van der Waals surface area contributed by atoms with Crippen LogP contribution in [0, 0.1) is 11.6 Å². The number of hydrogen-bond acceptors (Lipinski definition) is 3. The molecular formula is C17H16BrF2NO3S. The predicted molar refractivity (Wildman–Crippen MR) is 95.2 cm³/mol. The summed E-state index contributed by atoms with van der Waals surface area (Å²) < 4.78 is 51.1. The molecule has 0 atom stereocenters. The van der Waals surface area contributed by atoms with Crippen molar-refractivity contribution >= 4 is 37.4 Å². The van der Waals surface area contributed by atoms with E-state index in [-0.39, 0.29) is 10.6 Å². The molecule has 0 saturated heterocycles. The molecular weight excluding hydrogens is 416 g/mol. The molecule has 1 amide bonds. The summed E-state index contributed by atoms with van der Waals surface area (Å²) in [4.78, 5) is 13.8. The minimum atomic E-state index is -4.01. The molecule has 134 valence electrons. The molecule has 0 radical (unpaired) electrons. The van der Waals surface area contributed by atoms with Gasteiger partial charge in [0.2, 0.25) is 5.91 Å². The summed E-state index contributed by atoms with van der Waals surface area (Å²) in [5.41, 5.74) is 0.0583. The Kier molecular flexibility index (Phi) is 5.34. The van der Waals surface area contributed by atoms with Crippen molar-refractivity contribution in [2.75, 3.05) is 11.9 Å². The molecule has 0 N–H and O–H groups in total. The molecule has 2 aromatic rings. The van der Waals surface area contributed by atoms with Crippen LogP contribution in [0.1, 0.15) is 13.8 Å². The van der Waals surface area contributed by atoms with Crippen molar-refractivity contribution in [1.82, 2.24) is 0 Å². The number of benzene rings is 2. The highest BCUT2D eigenvalue weighted by atomic mass is 79.9. The Morgan fingerprint density at radius 1 is 1.04 bits per heavy atom. The lowest BCUT2D eigenvalue weighted by Gasteiger charge is -2.29. The zero-order valence-corrected chi connectivity index (χ0v) is 16.2. The number of anilines is 1. The minimum Gasteiger partial charge on any atom is -0.314 e. The molecule has 2 rings (SSSR count). The number of nitrogens with zero attached hydrogens (tertiary/aromatic N) is 1. The topological polar surface area (TPSA) is 54.5 Å². The first kappa shape index (κ1) is 19.5. The van der Waals surface area contributed by atoms with E-state index < -0.39 is 32.1 Å². The Hall–Kier alpha value is -1.80. The maximum atomic E-state index is 13.4. The van der Waals surface area contributed by atoms with Gasteiger partial charge in [-0.1, -0.05) is 15.9 Å². The summed E-state index contributed by atoms with van der Waals surface area (Å²) in [6.07, 6.45) is 0. The van der Waals surface area contributed by atoms with Crippen molar-refractivity contribution in [1.29, 1.82) is 0 Å². The lowest BCUT2D eigenvalue weighted by Crippen LogP contribution is -2.48. The highest BCUT2D eigenvalue weighted by molar-refractivity contribution is 9.10. The van der Waals surface area contributed by atoms with E-state index in [2.05, 4.69) is 15.9 Å². The van der Waals surface area contributed by atoms with Crippen LogP contribution in [0.2, 0.25) is 0 Å². The molecule has 0 aliphatic heterocycles. The lowest BCUT2D eigenvalue weighted by atomic mass is 10.1. The average molecular weight is 432 g/mol. The van der Waals surface area contributed by atoms with Crippen LogP contribution in [0.15, 0.2) is 51.8 Å². The van der Waals surface area contributed by atoms with E-state index in [1.165, 1.54) is 39.1 Å². The summed E-state index contributed by atoms with van der Waals surface area (Å²) in [5, 5.41) is 0. The molecule has 25 heavy (non-hydrogen) atoms. The molecule has 0 spiro atoms. The molecule has 2 aromatic carbocycles. The lowest BCUT2D eigenvalue weighted by molar-refractivity contribution is -0.120. The van der Waals surface area contributed by atoms with Crippen LogP contribution in [0.5, 0.6) is 0 Å². The second kappa shape index (κ2) is 6.84. The molecule has 0 saturated carbocycles. The number of amides is 1. The molecule has 0 heterocycles. The number of sulfone groups is 1. The number of rotatable bonds is 4. The summed E-state index contributed by atoms with van der Waals surface area (Å²) in [7, 11) is -2.69. The summed E-state index contributed by atoms with van der Waals surface area (Å²) in [5.74, 6) is -2.93. The van der Waals surface area contributed by atoms with Crippen LogP contribution in [0.25, 0.3) is 0 Å². The number of halogens is 3. The van der Waals surface area contributed by atoms with Crippen molar-refractivity contribution in [3.05, 3.63) is 58.6 Å². The first-order chi connectivity index (χ1) is 11.5.